The van der Waals surface area contributed by atoms with E-state index in [1.54, 1.807) is 6.07 Å². The first-order chi connectivity index (χ1) is 9.52. The number of aromatic nitrogens is 1. The highest BCUT2D eigenvalue weighted by Gasteiger charge is 2.23. The van der Waals surface area contributed by atoms with Gasteiger partial charge in [-0.05, 0) is 34.1 Å². The summed E-state index contributed by atoms with van der Waals surface area (Å²) in [7, 11) is 0. The van der Waals surface area contributed by atoms with Crippen LogP contribution in [0, 0.1) is 27.3 Å². The average Bonchev–Trinajstić information content (AvgIpc) is 2.42. The smallest absolute Gasteiger partial charge is 0.348 e. The van der Waals surface area contributed by atoms with E-state index in [0.29, 0.717) is 0 Å². The van der Waals surface area contributed by atoms with E-state index in [1.807, 2.05) is 0 Å². The monoisotopic (exact) mass is 337 g/mol. The lowest BCUT2D eigenvalue weighted by Gasteiger charge is -2.06. The molecule has 0 fully saturated rings. The standard InChI is InChI=1S/C12H5BrFN3O3/c13-9-2-1-8(5-10(9)14)20-12-11(17(18)19)7(6-15)3-4-16-12/h1-5H. The van der Waals surface area contributed by atoms with E-state index in [1.165, 1.54) is 24.4 Å². The van der Waals surface area contributed by atoms with Crippen LogP contribution in [0.25, 0.3) is 0 Å². The van der Waals surface area contributed by atoms with Crippen molar-refractivity contribution in [3.05, 3.63) is 56.4 Å². The number of hydrogen-bond acceptors (Lipinski definition) is 5. The van der Waals surface area contributed by atoms with Crippen LogP contribution in [0.15, 0.2) is 34.9 Å². The Morgan fingerprint density at radius 3 is 2.80 bits per heavy atom. The second kappa shape index (κ2) is 5.63. The number of benzene rings is 1. The minimum Gasteiger partial charge on any atom is -0.434 e. The summed E-state index contributed by atoms with van der Waals surface area (Å²) in [4.78, 5) is 13.9. The highest BCUT2D eigenvalue weighted by molar-refractivity contribution is 9.10. The van der Waals surface area contributed by atoms with Crippen LogP contribution in [-0.2, 0) is 0 Å². The van der Waals surface area contributed by atoms with E-state index in [-0.39, 0.29) is 21.7 Å². The SMILES string of the molecule is N#Cc1ccnc(Oc2ccc(Br)c(F)c2)c1[N+](=O)[O-]. The molecular weight excluding hydrogens is 333 g/mol. The quantitative estimate of drug-likeness (QED) is 0.631. The van der Waals surface area contributed by atoms with Crippen molar-refractivity contribution in [2.24, 2.45) is 0 Å². The van der Waals surface area contributed by atoms with Gasteiger partial charge < -0.3 is 4.74 Å². The third-order valence-corrected chi connectivity index (χ3v) is 2.94. The molecule has 0 atom stereocenters. The van der Waals surface area contributed by atoms with Gasteiger partial charge in [-0.2, -0.15) is 5.26 Å². The first-order valence-electron chi connectivity index (χ1n) is 5.19. The van der Waals surface area contributed by atoms with Gasteiger partial charge in [-0.1, -0.05) is 0 Å². The van der Waals surface area contributed by atoms with Gasteiger partial charge in [-0.25, -0.2) is 9.37 Å². The summed E-state index contributed by atoms with van der Waals surface area (Å²) in [5.41, 5.74) is -0.740. The van der Waals surface area contributed by atoms with Crippen LogP contribution < -0.4 is 4.74 Å². The molecule has 20 heavy (non-hydrogen) atoms. The largest absolute Gasteiger partial charge is 0.434 e. The second-order valence-electron chi connectivity index (χ2n) is 3.56. The Morgan fingerprint density at radius 2 is 2.20 bits per heavy atom. The summed E-state index contributed by atoms with van der Waals surface area (Å²) in [5.74, 6) is -0.909. The lowest BCUT2D eigenvalue weighted by Crippen LogP contribution is -1.99. The first-order valence-corrected chi connectivity index (χ1v) is 5.98. The zero-order chi connectivity index (χ0) is 14.7. The highest BCUT2D eigenvalue weighted by Crippen LogP contribution is 2.32. The maximum absolute atomic E-state index is 13.4. The van der Waals surface area contributed by atoms with E-state index in [2.05, 4.69) is 20.9 Å². The van der Waals surface area contributed by atoms with Crippen LogP contribution in [-0.4, -0.2) is 9.91 Å². The molecule has 0 saturated carbocycles. The highest BCUT2D eigenvalue weighted by atomic mass is 79.9. The van der Waals surface area contributed by atoms with Gasteiger partial charge in [0.1, 0.15) is 23.2 Å². The lowest BCUT2D eigenvalue weighted by atomic mass is 10.2. The van der Waals surface area contributed by atoms with Crippen LogP contribution in [0.4, 0.5) is 10.1 Å². The Hall–Kier alpha value is -2.53. The Kier molecular flexibility index (Phi) is 3.91. The molecule has 0 spiro atoms. The zero-order valence-electron chi connectivity index (χ0n) is 9.71. The summed E-state index contributed by atoms with van der Waals surface area (Å²) >= 11 is 2.98. The Balaban J connectivity index is 2.46. The van der Waals surface area contributed by atoms with Gasteiger partial charge in [0.05, 0.1) is 9.40 Å². The van der Waals surface area contributed by atoms with Gasteiger partial charge in [0.25, 0.3) is 0 Å². The van der Waals surface area contributed by atoms with Crippen LogP contribution in [0.1, 0.15) is 5.56 Å². The van der Waals surface area contributed by atoms with Gasteiger partial charge >= 0.3 is 11.6 Å². The molecule has 0 aliphatic heterocycles. The van der Waals surface area contributed by atoms with Crippen molar-refractivity contribution in [1.82, 2.24) is 4.98 Å². The summed E-state index contributed by atoms with van der Waals surface area (Å²) in [6.45, 7) is 0. The molecule has 0 unspecified atom stereocenters. The van der Waals surface area contributed by atoms with E-state index in [0.717, 1.165) is 6.07 Å². The van der Waals surface area contributed by atoms with Gasteiger partial charge in [-0.15, -0.1) is 0 Å². The number of nitro groups is 1. The number of hydrogen-bond donors (Lipinski definition) is 0. The Labute approximate surface area is 120 Å². The minimum atomic E-state index is -0.768. The molecule has 6 nitrogen and oxygen atoms in total. The van der Waals surface area contributed by atoms with Crippen LogP contribution in [0.2, 0.25) is 0 Å². The molecule has 1 aromatic carbocycles. The average molecular weight is 338 g/mol. The van der Waals surface area contributed by atoms with Crippen molar-refractivity contribution >= 4 is 21.6 Å². The number of pyridine rings is 1. The molecule has 1 heterocycles. The normalized spacial score (nSPS) is 9.85. The predicted octanol–water partition coefficient (Wildman–Crippen LogP) is 3.56. The summed E-state index contributed by atoms with van der Waals surface area (Å²) < 4.78 is 18.8. The van der Waals surface area contributed by atoms with Crippen molar-refractivity contribution in [1.29, 1.82) is 5.26 Å². The fourth-order valence-corrected chi connectivity index (χ4v) is 1.67. The molecule has 0 saturated heterocycles. The van der Waals surface area contributed by atoms with Crippen molar-refractivity contribution in [2.45, 2.75) is 0 Å². The van der Waals surface area contributed by atoms with Crippen LogP contribution in [0.3, 0.4) is 0 Å². The summed E-state index contributed by atoms with van der Waals surface area (Å²) in [6, 6.07) is 6.74. The third kappa shape index (κ3) is 2.73. The third-order valence-electron chi connectivity index (χ3n) is 2.30. The molecule has 1 aromatic heterocycles. The molecule has 2 rings (SSSR count). The topological polar surface area (TPSA) is 89.0 Å². The molecule has 8 heteroatoms. The second-order valence-corrected chi connectivity index (χ2v) is 4.41. The molecule has 100 valence electrons. The fourth-order valence-electron chi connectivity index (χ4n) is 1.43. The lowest BCUT2D eigenvalue weighted by molar-refractivity contribution is -0.386. The van der Waals surface area contributed by atoms with Crippen molar-refractivity contribution in [3.8, 4) is 17.7 Å². The number of nitrogens with zero attached hydrogens (tertiary/aromatic N) is 3. The molecule has 0 N–H and O–H groups in total. The van der Waals surface area contributed by atoms with E-state index in [9.17, 15) is 14.5 Å². The molecule has 0 radical (unpaired) electrons. The Morgan fingerprint density at radius 1 is 1.45 bits per heavy atom. The number of nitriles is 1. The van der Waals surface area contributed by atoms with Gasteiger partial charge in [0.15, 0.2) is 0 Å². The Bertz CT molecular complexity index is 730. The van der Waals surface area contributed by atoms with Crippen molar-refractivity contribution in [3.63, 3.8) is 0 Å². The van der Waals surface area contributed by atoms with Crippen molar-refractivity contribution < 1.29 is 14.1 Å². The maximum Gasteiger partial charge on any atom is 0.348 e. The molecule has 0 aliphatic carbocycles. The zero-order valence-corrected chi connectivity index (χ0v) is 11.3. The van der Waals surface area contributed by atoms with E-state index in [4.69, 9.17) is 10.00 Å². The van der Waals surface area contributed by atoms with Crippen molar-refractivity contribution in [2.75, 3.05) is 0 Å². The number of rotatable bonds is 3. The molecular formula is C12H5BrFN3O3. The van der Waals surface area contributed by atoms with Crippen LogP contribution in [0.5, 0.6) is 11.6 Å². The fraction of sp³-hybridized carbons (Fsp3) is 0. The van der Waals surface area contributed by atoms with Gasteiger partial charge in [0, 0.05) is 12.3 Å². The predicted molar refractivity (Wildman–Crippen MR) is 69.8 cm³/mol. The summed E-state index contributed by atoms with van der Waals surface area (Å²) in [6.07, 6.45) is 1.20. The van der Waals surface area contributed by atoms with Gasteiger partial charge in [0.2, 0.25) is 0 Å². The minimum absolute atomic E-state index is 0.0383. The molecule has 0 aliphatic rings. The molecule has 0 amide bonds. The van der Waals surface area contributed by atoms with Crippen LogP contribution >= 0.6 is 15.9 Å². The summed E-state index contributed by atoms with van der Waals surface area (Å²) in [5, 5.41) is 19.8. The van der Waals surface area contributed by atoms with Gasteiger partial charge in [-0.3, -0.25) is 10.1 Å². The molecule has 2 aromatic rings. The first kappa shape index (κ1) is 13.9. The number of ether oxygens (including phenoxy) is 1. The maximum atomic E-state index is 13.4. The number of halogens is 2. The van der Waals surface area contributed by atoms with E-state index >= 15 is 0 Å². The molecule has 0 bridgehead atoms. The van der Waals surface area contributed by atoms with E-state index < -0.39 is 16.4 Å².